The lowest BCUT2D eigenvalue weighted by Crippen LogP contribution is -2.44. The van der Waals surface area contributed by atoms with Crippen LogP contribution in [0.2, 0.25) is 0 Å². The number of aromatic nitrogens is 2. The second-order valence-electron chi connectivity index (χ2n) is 7.88. The molecule has 29 heavy (non-hydrogen) atoms. The van der Waals surface area contributed by atoms with Crippen molar-refractivity contribution in [3.63, 3.8) is 0 Å². The van der Waals surface area contributed by atoms with Crippen molar-refractivity contribution in [2.24, 2.45) is 0 Å². The molecule has 0 saturated carbocycles. The van der Waals surface area contributed by atoms with E-state index in [9.17, 15) is 9.18 Å². The van der Waals surface area contributed by atoms with E-state index in [1.165, 1.54) is 12.1 Å². The number of piperidine rings is 1. The van der Waals surface area contributed by atoms with Gasteiger partial charge in [-0.2, -0.15) is 0 Å². The molecule has 2 aliphatic rings. The summed E-state index contributed by atoms with van der Waals surface area (Å²) in [5, 5.41) is 5.00. The zero-order valence-electron chi connectivity index (χ0n) is 16.2. The van der Waals surface area contributed by atoms with Crippen molar-refractivity contribution in [3.8, 4) is 0 Å². The van der Waals surface area contributed by atoms with E-state index in [0.29, 0.717) is 11.3 Å². The standard InChI is InChI=1S/C22H23FN4O2/c23-17-3-4-19-18(14-17)20(25-29-19)16-5-9-26(10-6-16)12-13-27-11-7-15-2-1-8-24-21(15)22(27)28/h1-4,8,14,16H,5-7,9-13H2. The van der Waals surface area contributed by atoms with Crippen LogP contribution in [0.15, 0.2) is 41.1 Å². The number of nitrogens with zero attached hydrogens (tertiary/aromatic N) is 4. The maximum atomic E-state index is 13.6. The van der Waals surface area contributed by atoms with Gasteiger partial charge in [0, 0.05) is 37.1 Å². The minimum Gasteiger partial charge on any atom is -0.356 e. The summed E-state index contributed by atoms with van der Waals surface area (Å²) in [4.78, 5) is 21.2. The highest BCUT2D eigenvalue weighted by molar-refractivity contribution is 5.94. The van der Waals surface area contributed by atoms with Gasteiger partial charge in [0.2, 0.25) is 0 Å². The molecule has 1 aromatic carbocycles. The molecule has 0 unspecified atom stereocenters. The van der Waals surface area contributed by atoms with Crippen molar-refractivity contribution in [1.29, 1.82) is 0 Å². The lowest BCUT2D eigenvalue weighted by molar-refractivity contribution is 0.0703. The third kappa shape index (κ3) is 3.51. The van der Waals surface area contributed by atoms with Crippen LogP contribution < -0.4 is 0 Å². The quantitative estimate of drug-likeness (QED) is 0.680. The Bertz CT molecular complexity index is 1040. The van der Waals surface area contributed by atoms with Gasteiger partial charge in [-0.05, 0) is 62.2 Å². The van der Waals surface area contributed by atoms with Crippen LogP contribution in [-0.4, -0.2) is 58.6 Å². The Morgan fingerprint density at radius 1 is 1.14 bits per heavy atom. The number of likely N-dealkylation sites (tertiary alicyclic amines) is 1. The first kappa shape index (κ1) is 18.2. The fraction of sp³-hybridized carbons (Fsp3) is 0.409. The number of hydrogen-bond donors (Lipinski definition) is 0. The lowest BCUT2D eigenvalue weighted by Gasteiger charge is -2.34. The maximum absolute atomic E-state index is 13.6. The van der Waals surface area contributed by atoms with Gasteiger partial charge in [0.05, 0.1) is 5.69 Å². The molecule has 0 aliphatic carbocycles. The zero-order valence-corrected chi connectivity index (χ0v) is 16.2. The van der Waals surface area contributed by atoms with Gasteiger partial charge in [-0.25, -0.2) is 4.39 Å². The lowest BCUT2D eigenvalue weighted by atomic mass is 9.91. The molecule has 150 valence electrons. The minimum atomic E-state index is -0.262. The highest BCUT2D eigenvalue weighted by Gasteiger charge is 2.28. The predicted octanol–water partition coefficient (Wildman–Crippen LogP) is 3.24. The Hall–Kier alpha value is -2.80. The third-order valence-corrected chi connectivity index (χ3v) is 6.15. The Morgan fingerprint density at radius 2 is 2.00 bits per heavy atom. The molecule has 2 aliphatic heterocycles. The number of carbonyl (C=O) groups excluding carboxylic acids is 1. The third-order valence-electron chi connectivity index (χ3n) is 6.15. The molecule has 1 saturated heterocycles. The average molecular weight is 394 g/mol. The summed E-state index contributed by atoms with van der Waals surface area (Å²) in [6, 6.07) is 8.43. The van der Waals surface area contributed by atoms with Gasteiger partial charge in [0.25, 0.3) is 5.91 Å². The van der Waals surface area contributed by atoms with E-state index in [2.05, 4.69) is 15.0 Å². The molecule has 0 N–H and O–H groups in total. The fourth-order valence-corrected chi connectivity index (χ4v) is 4.47. The SMILES string of the molecule is O=C1c2ncccc2CCN1CCN1CCC(c2noc3ccc(F)cc23)CC1. The number of rotatable bonds is 4. The first-order chi connectivity index (χ1) is 14.2. The van der Waals surface area contributed by atoms with Crippen molar-refractivity contribution in [3.05, 3.63) is 59.3 Å². The number of carbonyl (C=O) groups is 1. The van der Waals surface area contributed by atoms with E-state index in [0.717, 1.165) is 68.6 Å². The molecule has 0 bridgehead atoms. The van der Waals surface area contributed by atoms with Crippen LogP contribution in [-0.2, 0) is 6.42 Å². The maximum Gasteiger partial charge on any atom is 0.272 e. The Labute approximate surface area is 168 Å². The Balaban J connectivity index is 1.18. The summed E-state index contributed by atoms with van der Waals surface area (Å²) in [7, 11) is 0. The normalized spacial score (nSPS) is 18.4. The second kappa shape index (κ2) is 7.55. The summed E-state index contributed by atoms with van der Waals surface area (Å²) in [6.45, 7) is 4.20. The fourth-order valence-electron chi connectivity index (χ4n) is 4.47. The van der Waals surface area contributed by atoms with Crippen LogP contribution >= 0.6 is 0 Å². The number of amides is 1. The van der Waals surface area contributed by atoms with Crippen LogP contribution in [0.5, 0.6) is 0 Å². The van der Waals surface area contributed by atoms with E-state index in [1.54, 1.807) is 12.3 Å². The van der Waals surface area contributed by atoms with E-state index in [4.69, 9.17) is 4.52 Å². The van der Waals surface area contributed by atoms with Gasteiger partial charge in [0.15, 0.2) is 5.58 Å². The van der Waals surface area contributed by atoms with Crippen molar-refractivity contribution in [2.45, 2.75) is 25.2 Å². The number of benzene rings is 1. The smallest absolute Gasteiger partial charge is 0.272 e. The van der Waals surface area contributed by atoms with Crippen LogP contribution in [0.3, 0.4) is 0 Å². The molecule has 4 heterocycles. The first-order valence-corrected chi connectivity index (χ1v) is 10.2. The van der Waals surface area contributed by atoms with Gasteiger partial charge in [-0.3, -0.25) is 9.78 Å². The predicted molar refractivity (Wildman–Crippen MR) is 106 cm³/mol. The molecular weight excluding hydrogens is 371 g/mol. The van der Waals surface area contributed by atoms with Crippen molar-refractivity contribution < 1.29 is 13.7 Å². The molecule has 1 amide bonds. The zero-order chi connectivity index (χ0) is 19.8. The van der Waals surface area contributed by atoms with Crippen LogP contribution in [0.25, 0.3) is 11.0 Å². The van der Waals surface area contributed by atoms with Gasteiger partial charge >= 0.3 is 0 Å². The number of pyridine rings is 1. The van der Waals surface area contributed by atoms with Crippen molar-refractivity contribution >= 4 is 16.9 Å². The van der Waals surface area contributed by atoms with Crippen molar-refractivity contribution in [2.75, 3.05) is 32.7 Å². The van der Waals surface area contributed by atoms with E-state index in [1.807, 2.05) is 17.0 Å². The molecule has 6 nitrogen and oxygen atoms in total. The van der Waals surface area contributed by atoms with E-state index in [-0.39, 0.29) is 17.6 Å². The Kier molecular flexibility index (Phi) is 4.75. The average Bonchev–Trinajstić information content (AvgIpc) is 3.17. The summed E-state index contributed by atoms with van der Waals surface area (Å²) in [5.41, 5.74) is 3.16. The molecule has 0 atom stereocenters. The molecule has 1 fully saturated rings. The molecule has 2 aromatic heterocycles. The summed E-state index contributed by atoms with van der Waals surface area (Å²) < 4.78 is 19.0. The van der Waals surface area contributed by atoms with Gasteiger partial charge in [-0.1, -0.05) is 11.2 Å². The van der Waals surface area contributed by atoms with Crippen LogP contribution in [0.1, 0.15) is 40.5 Å². The summed E-state index contributed by atoms with van der Waals surface area (Å²) >= 11 is 0. The number of halogens is 1. The first-order valence-electron chi connectivity index (χ1n) is 10.2. The van der Waals surface area contributed by atoms with Gasteiger partial charge in [0.1, 0.15) is 11.5 Å². The molecule has 5 rings (SSSR count). The van der Waals surface area contributed by atoms with Crippen LogP contribution in [0.4, 0.5) is 4.39 Å². The van der Waals surface area contributed by atoms with Crippen LogP contribution in [0, 0.1) is 5.82 Å². The summed E-state index contributed by atoms with van der Waals surface area (Å²) in [6.07, 6.45) is 4.46. The summed E-state index contributed by atoms with van der Waals surface area (Å²) in [5.74, 6) is 0.0569. The minimum absolute atomic E-state index is 0.0397. The molecule has 7 heteroatoms. The molecule has 0 spiro atoms. The van der Waals surface area contributed by atoms with Gasteiger partial charge in [-0.15, -0.1) is 0 Å². The molecule has 0 radical (unpaired) electrons. The second-order valence-corrected chi connectivity index (χ2v) is 7.88. The van der Waals surface area contributed by atoms with E-state index < -0.39 is 0 Å². The molecule has 3 aromatic rings. The topological polar surface area (TPSA) is 62.5 Å². The highest BCUT2D eigenvalue weighted by atomic mass is 19.1. The van der Waals surface area contributed by atoms with Crippen molar-refractivity contribution in [1.82, 2.24) is 19.9 Å². The van der Waals surface area contributed by atoms with Gasteiger partial charge < -0.3 is 14.3 Å². The number of hydrogen-bond acceptors (Lipinski definition) is 5. The monoisotopic (exact) mass is 394 g/mol. The largest absolute Gasteiger partial charge is 0.356 e. The van der Waals surface area contributed by atoms with E-state index >= 15 is 0 Å². The molecular formula is C22H23FN4O2. The number of fused-ring (bicyclic) bond motifs is 2. The highest BCUT2D eigenvalue weighted by Crippen LogP contribution is 2.32. The Morgan fingerprint density at radius 3 is 2.86 bits per heavy atom.